The molecule has 24 heavy (non-hydrogen) atoms. The first kappa shape index (κ1) is 20.0. The van der Waals surface area contributed by atoms with Crippen molar-refractivity contribution in [1.29, 1.82) is 0 Å². The van der Waals surface area contributed by atoms with Crippen LogP contribution in [0.25, 0.3) is 0 Å². The van der Waals surface area contributed by atoms with Crippen LogP contribution in [0.4, 0.5) is 10.5 Å². The Labute approximate surface area is 143 Å². The lowest BCUT2D eigenvalue weighted by Gasteiger charge is -2.21. The third-order valence-corrected chi connectivity index (χ3v) is 2.79. The minimum atomic E-state index is -0.556. The first-order valence-corrected chi connectivity index (χ1v) is 7.93. The van der Waals surface area contributed by atoms with Crippen LogP contribution in [0.5, 0.6) is 0 Å². The van der Waals surface area contributed by atoms with Crippen LogP contribution < -0.4 is 11.1 Å². The average Bonchev–Trinajstić information content (AvgIpc) is 2.34. The molecule has 3 N–H and O–H groups in total. The van der Waals surface area contributed by atoms with E-state index in [0.717, 1.165) is 5.56 Å². The molecule has 0 saturated heterocycles. The third kappa shape index (κ3) is 7.97. The Kier molecular flexibility index (Phi) is 6.37. The van der Waals surface area contributed by atoms with E-state index in [0.29, 0.717) is 5.69 Å². The minimum absolute atomic E-state index is 0.0934. The summed E-state index contributed by atoms with van der Waals surface area (Å²) < 4.78 is 10.4. The summed E-state index contributed by atoms with van der Waals surface area (Å²) in [6.45, 7) is 10.8. The second-order valence-electron chi connectivity index (χ2n) is 7.65. The van der Waals surface area contributed by atoms with Gasteiger partial charge in [-0.05, 0) is 59.2 Å². The van der Waals surface area contributed by atoms with E-state index in [1.54, 1.807) is 45.0 Å². The van der Waals surface area contributed by atoms with Crippen LogP contribution in [-0.2, 0) is 14.3 Å². The number of ether oxygens (including phenoxy) is 2. The van der Waals surface area contributed by atoms with Gasteiger partial charge in [-0.1, -0.05) is 12.1 Å². The fraction of sp³-hybridized carbons (Fsp3) is 0.556. The molecule has 1 rings (SSSR count). The van der Waals surface area contributed by atoms with Crippen LogP contribution >= 0.6 is 0 Å². The topological polar surface area (TPSA) is 90.6 Å². The molecule has 1 atom stereocenters. The maximum atomic E-state index is 11.8. The lowest BCUT2D eigenvalue weighted by molar-refractivity contribution is -0.155. The monoisotopic (exact) mass is 336 g/mol. The van der Waals surface area contributed by atoms with E-state index in [-0.39, 0.29) is 12.4 Å². The van der Waals surface area contributed by atoms with Gasteiger partial charge in [0.2, 0.25) is 0 Å². The largest absolute Gasteiger partial charge is 0.460 e. The van der Waals surface area contributed by atoms with Gasteiger partial charge in [-0.2, -0.15) is 0 Å². The second kappa shape index (κ2) is 7.66. The van der Waals surface area contributed by atoms with Gasteiger partial charge in [-0.15, -0.1) is 0 Å². The molecule has 0 heterocycles. The number of carbonyl (C=O) groups is 2. The molecule has 0 fully saturated rings. The SMILES string of the molecule is CC(C)(C)OC(=O)CC(N)c1ccc(NC(=O)OC(C)(C)C)cc1. The highest BCUT2D eigenvalue weighted by molar-refractivity contribution is 5.84. The molecular formula is C18H28N2O4. The predicted molar refractivity (Wildman–Crippen MR) is 93.7 cm³/mol. The molecule has 1 unspecified atom stereocenters. The molecule has 134 valence electrons. The average molecular weight is 336 g/mol. The highest BCUT2D eigenvalue weighted by Crippen LogP contribution is 2.20. The standard InChI is InChI=1S/C18H28N2O4/c1-17(2,3)23-15(21)11-14(19)12-7-9-13(10-8-12)20-16(22)24-18(4,5)6/h7-10,14H,11,19H2,1-6H3,(H,20,22). The van der Waals surface area contributed by atoms with Crippen LogP contribution in [-0.4, -0.2) is 23.3 Å². The molecule has 1 aromatic rings. The Bertz CT molecular complexity index is 568. The number of nitrogens with one attached hydrogen (secondary N) is 1. The Morgan fingerprint density at radius 2 is 1.50 bits per heavy atom. The van der Waals surface area contributed by atoms with Crippen molar-refractivity contribution in [3.63, 3.8) is 0 Å². The maximum Gasteiger partial charge on any atom is 0.412 e. The zero-order chi connectivity index (χ0) is 18.5. The van der Waals surface area contributed by atoms with E-state index in [1.165, 1.54) is 0 Å². The van der Waals surface area contributed by atoms with Gasteiger partial charge >= 0.3 is 12.1 Å². The molecule has 1 amide bonds. The summed E-state index contributed by atoms with van der Waals surface area (Å²) in [4.78, 5) is 23.5. The van der Waals surface area contributed by atoms with Crippen LogP contribution in [0.3, 0.4) is 0 Å². The maximum absolute atomic E-state index is 11.8. The Morgan fingerprint density at radius 1 is 1.00 bits per heavy atom. The zero-order valence-corrected chi connectivity index (χ0v) is 15.3. The summed E-state index contributed by atoms with van der Waals surface area (Å²) in [6.07, 6.45) is -0.427. The molecule has 6 heteroatoms. The number of benzene rings is 1. The molecule has 6 nitrogen and oxygen atoms in total. The van der Waals surface area contributed by atoms with Crippen LogP contribution in [0, 0.1) is 0 Å². The Balaban J connectivity index is 2.60. The number of hydrogen-bond acceptors (Lipinski definition) is 5. The lowest BCUT2D eigenvalue weighted by atomic mass is 10.0. The number of nitrogens with two attached hydrogens (primary N) is 1. The lowest BCUT2D eigenvalue weighted by Crippen LogP contribution is -2.27. The van der Waals surface area contributed by atoms with Crippen molar-refractivity contribution in [2.24, 2.45) is 5.73 Å². The van der Waals surface area contributed by atoms with E-state index in [9.17, 15) is 9.59 Å². The van der Waals surface area contributed by atoms with Crippen LogP contribution in [0.2, 0.25) is 0 Å². The fourth-order valence-electron chi connectivity index (χ4n) is 1.92. The summed E-state index contributed by atoms with van der Waals surface area (Å²) >= 11 is 0. The van der Waals surface area contributed by atoms with Gasteiger partial charge in [-0.3, -0.25) is 10.1 Å². The highest BCUT2D eigenvalue weighted by Gasteiger charge is 2.20. The van der Waals surface area contributed by atoms with Gasteiger partial charge in [0.1, 0.15) is 11.2 Å². The van der Waals surface area contributed by atoms with Gasteiger partial charge in [0.25, 0.3) is 0 Å². The molecule has 1 aromatic carbocycles. The molecule has 0 saturated carbocycles. The van der Waals surface area contributed by atoms with Gasteiger partial charge < -0.3 is 15.2 Å². The van der Waals surface area contributed by atoms with Crippen molar-refractivity contribution >= 4 is 17.7 Å². The highest BCUT2D eigenvalue weighted by atomic mass is 16.6. The first-order chi connectivity index (χ1) is 10.9. The number of esters is 1. The van der Waals surface area contributed by atoms with Gasteiger partial charge in [0, 0.05) is 11.7 Å². The minimum Gasteiger partial charge on any atom is -0.460 e. The Hall–Kier alpha value is -2.08. The van der Waals surface area contributed by atoms with Gasteiger partial charge in [0.15, 0.2) is 0 Å². The smallest absolute Gasteiger partial charge is 0.412 e. The first-order valence-electron chi connectivity index (χ1n) is 7.93. The molecule has 0 aliphatic rings. The van der Waals surface area contributed by atoms with Crippen molar-refractivity contribution in [3.8, 4) is 0 Å². The zero-order valence-electron chi connectivity index (χ0n) is 15.3. The van der Waals surface area contributed by atoms with Crippen LogP contribution in [0.15, 0.2) is 24.3 Å². The summed E-state index contributed by atoms with van der Waals surface area (Å²) in [6, 6.07) is 6.50. The molecule has 0 spiro atoms. The van der Waals surface area contributed by atoms with E-state index in [1.807, 2.05) is 20.8 Å². The van der Waals surface area contributed by atoms with Crippen molar-refractivity contribution in [1.82, 2.24) is 0 Å². The van der Waals surface area contributed by atoms with Crippen molar-refractivity contribution < 1.29 is 19.1 Å². The third-order valence-electron chi connectivity index (χ3n) is 2.79. The molecule has 0 aliphatic heterocycles. The summed E-state index contributed by atoms with van der Waals surface area (Å²) in [5, 5.41) is 2.64. The molecule has 0 bridgehead atoms. The number of hydrogen-bond donors (Lipinski definition) is 2. The quantitative estimate of drug-likeness (QED) is 0.817. The summed E-state index contributed by atoms with van der Waals surface area (Å²) in [5.41, 5.74) is 6.33. The normalized spacial score (nSPS) is 13.1. The van der Waals surface area contributed by atoms with E-state index >= 15 is 0 Å². The number of rotatable bonds is 4. The Morgan fingerprint density at radius 3 is 1.96 bits per heavy atom. The van der Waals surface area contributed by atoms with E-state index in [4.69, 9.17) is 15.2 Å². The molecule has 0 radical (unpaired) electrons. The number of amides is 1. The molecular weight excluding hydrogens is 308 g/mol. The molecule has 0 aromatic heterocycles. The summed E-state index contributed by atoms with van der Waals surface area (Å²) in [7, 11) is 0. The fourth-order valence-corrected chi connectivity index (χ4v) is 1.92. The second-order valence-corrected chi connectivity index (χ2v) is 7.65. The predicted octanol–water partition coefficient (Wildman–Crippen LogP) is 3.77. The molecule has 0 aliphatic carbocycles. The van der Waals surface area contributed by atoms with Crippen molar-refractivity contribution in [3.05, 3.63) is 29.8 Å². The summed E-state index contributed by atoms with van der Waals surface area (Å²) in [5.74, 6) is -0.342. The van der Waals surface area contributed by atoms with Gasteiger partial charge in [-0.25, -0.2) is 4.79 Å². The van der Waals surface area contributed by atoms with E-state index < -0.39 is 23.3 Å². The number of anilines is 1. The van der Waals surface area contributed by atoms with Crippen LogP contribution in [0.1, 0.15) is 59.6 Å². The van der Waals surface area contributed by atoms with E-state index in [2.05, 4.69) is 5.32 Å². The number of carbonyl (C=O) groups excluding carboxylic acids is 2. The van der Waals surface area contributed by atoms with Gasteiger partial charge in [0.05, 0.1) is 6.42 Å². The van der Waals surface area contributed by atoms with Crippen molar-refractivity contribution in [2.75, 3.05) is 5.32 Å². The van der Waals surface area contributed by atoms with Crippen molar-refractivity contribution in [2.45, 2.75) is 65.2 Å².